The first kappa shape index (κ1) is 14.9. The Bertz CT molecular complexity index is 554. The van der Waals surface area contributed by atoms with Gasteiger partial charge < -0.3 is 19.2 Å². The van der Waals surface area contributed by atoms with Gasteiger partial charge in [0, 0.05) is 5.56 Å². The van der Waals surface area contributed by atoms with Crippen LogP contribution in [0, 0.1) is 0 Å². The van der Waals surface area contributed by atoms with Crippen LogP contribution in [0.4, 0.5) is 0 Å². The van der Waals surface area contributed by atoms with Crippen molar-refractivity contribution in [2.75, 3.05) is 20.8 Å². The predicted molar refractivity (Wildman–Crippen MR) is 81.5 cm³/mol. The highest BCUT2D eigenvalue weighted by molar-refractivity contribution is 9.10. The molecule has 2 rings (SSSR count). The summed E-state index contributed by atoms with van der Waals surface area (Å²) >= 11 is 3.47. The molecule has 0 fully saturated rings. The molecule has 0 radical (unpaired) electrons. The Morgan fingerprint density at radius 3 is 2.55 bits per heavy atom. The molecule has 1 atom stereocenters. The molecule has 1 aromatic heterocycles. The van der Waals surface area contributed by atoms with E-state index >= 15 is 0 Å². The summed E-state index contributed by atoms with van der Waals surface area (Å²) in [7, 11) is 3.30. The van der Waals surface area contributed by atoms with Crippen molar-refractivity contribution >= 4 is 15.9 Å². The summed E-state index contributed by atoms with van der Waals surface area (Å²) in [6, 6.07) is 7.61. The topological polar surface area (TPSA) is 43.6 Å². The van der Waals surface area contributed by atoms with Gasteiger partial charge in [0.1, 0.15) is 17.3 Å². The highest BCUT2D eigenvalue weighted by Crippen LogP contribution is 2.38. The van der Waals surface area contributed by atoms with Gasteiger partial charge in [0.2, 0.25) is 0 Å². The van der Waals surface area contributed by atoms with Crippen molar-refractivity contribution in [1.82, 2.24) is 5.32 Å². The van der Waals surface area contributed by atoms with Crippen LogP contribution < -0.4 is 14.8 Å². The molecule has 108 valence electrons. The second-order valence-corrected chi connectivity index (χ2v) is 5.09. The van der Waals surface area contributed by atoms with E-state index in [0.29, 0.717) is 0 Å². The number of furan rings is 1. The number of hydrogen-bond acceptors (Lipinski definition) is 4. The van der Waals surface area contributed by atoms with E-state index in [1.807, 2.05) is 24.3 Å². The Morgan fingerprint density at radius 1 is 1.25 bits per heavy atom. The summed E-state index contributed by atoms with van der Waals surface area (Å²) in [5, 5.41) is 3.40. The smallest absolute Gasteiger partial charge is 0.133 e. The molecule has 20 heavy (non-hydrogen) atoms. The highest BCUT2D eigenvalue weighted by Gasteiger charge is 2.22. The van der Waals surface area contributed by atoms with Crippen LogP contribution in [0.1, 0.15) is 24.3 Å². The zero-order valence-corrected chi connectivity index (χ0v) is 13.4. The second-order valence-electron chi connectivity index (χ2n) is 4.23. The van der Waals surface area contributed by atoms with Crippen molar-refractivity contribution in [1.29, 1.82) is 0 Å². The van der Waals surface area contributed by atoms with Crippen LogP contribution in [0.2, 0.25) is 0 Å². The Morgan fingerprint density at radius 2 is 2.00 bits per heavy atom. The number of halogens is 1. The standard InChI is InChI=1S/C15H18BrNO3/c1-4-17-15(12-6-5-7-20-12)10-8-14(19-3)11(16)9-13(10)18-2/h5-9,15,17H,4H2,1-3H3. The van der Waals surface area contributed by atoms with Crippen LogP contribution in [0.25, 0.3) is 0 Å². The summed E-state index contributed by atoms with van der Waals surface area (Å²) in [4.78, 5) is 0. The van der Waals surface area contributed by atoms with Gasteiger partial charge in [-0.3, -0.25) is 0 Å². The van der Waals surface area contributed by atoms with Crippen LogP contribution in [-0.4, -0.2) is 20.8 Å². The molecule has 0 saturated heterocycles. The van der Waals surface area contributed by atoms with Crippen LogP contribution in [0.15, 0.2) is 39.4 Å². The molecule has 0 bridgehead atoms. The molecule has 0 aliphatic rings. The van der Waals surface area contributed by atoms with E-state index in [1.165, 1.54) is 0 Å². The van der Waals surface area contributed by atoms with E-state index in [2.05, 4.69) is 28.2 Å². The van der Waals surface area contributed by atoms with Gasteiger partial charge in [0.05, 0.1) is 31.0 Å². The fraction of sp³-hybridized carbons (Fsp3) is 0.333. The van der Waals surface area contributed by atoms with Crippen molar-refractivity contribution in [3.8, 4) is 11.5 Å². The molecule has 5 heteroatoms. The maximum absolute atomic E-state index is 5.54. The van der Waals surface area contributed by atoms with Crippen LogP contribution in [-0.2, 0) is 0 Å². The average molecular weight is 340 g/mol. The highest BCUT2D eigenvalue weighted by atomic mass is 79.9. The molecule has 0 spiro atoms. The zero-order valence-electron chi connectivity index (χ0n) is 11.8. The molecule has 4 nitrogen and oxygen atoms in total. The lowest BCUT2D eigenvalue weighted by atomic mass is 10.0. The fourth-order valence-corrected chi connectivity index (χ4v) is 2.62. The third-order valence-corrected chi connectivity index (χ3v) is 3.67. The lowest BCUT2D eigenvalue weighted by Crippen LogP contribution is -2.22. The number of ether oxygens (including phenoxy) is 2. The summed E-state index contributed by atoms with van der Waals surface area (Å²) in [5.74, 6) is 2.38. The molecule has 0 aliphatic heterocycles. The minimum atomic E-state index is -0.0769. The van der Waals surface area contributed by atoms with Gasteiger partial charge in [-0.05, 0) is 46.7 Å². The first-order valence-corrected chi connectivity index (χ1v) is 7.18. The number of nitrogens with one attached hydrogen (secondary N) is 1. The predicted octanol–water partition coefficient (Wildman–Crippen LogP) is 3.76. The largest absolute Gasteiger partial charge is 0.496 e. The summed E-state index contributed by atoms with van der Waals surface area (Å²) in [6.45, 7) is 2.87. The molecule has 1 N–H and O–H groups in total. The van der Waals surface area contributed by atoms with E-state index in [-0.39, 0.29) is 6.04 Å². The van der Waals surface area contributed by atoms with Gasteiger partial charge in [-0.25, -0.2) is 0 Å². The van der Waals surface area contributed by atoms with Crippen LogP contribution in [0.5, 0.6) is 11.5 Å². The van der Waals surface area contributed by atoms with Gasteiger partial charge in [0.25, 0.3) is 0 Å². The van der Waals surface area contributed by atoms with E-state index in [1.54, 1.807) is 20.5 Å². The summed E-state index contributed by atoms with van der Waals surface area (Å²) in [6.07, 6.45) is 1.67. The van der Waals surface area contributed by atoms with E-state index < -0.39 is 0 Å². The normalized spacial score (nSPS) is 12.2. The molecule has 0 aliphatic carbocycles. The second kappa shape index (κ2) is 6.81. The number of hydrogen-bond donors (Lipinski definition) is 1. The van der Waals surface area contributed by atoms with Crippen molar-refractivity contribution in [3.63, 3.8) is 0 Å². The Labute approximate surface area is 127 Å². The molecule has 0 amide bonds. The monoisotopic (exact) mass is 339 g/mol. The molecule has 1 unspecified atom stereocenters. The number of benzene rings is 1. The average Bonchev–Trinajstić information content (AvgIpc) is 2.98. The van der Waals surface area contributed by atoms with Gasteiger partial charge in [-0.1, -0.05) is 6.92 Å². The van der Waals surface area contributed by atoms with Gasteiger partial charge in [0.15, 0.2) is 0 Å². The fourth-order valence-electron chi connectivity index (χ4n) is 2.13. The van der Waals surface area contributed by atoms with E-state index in [0.717, 1.165) is 33.8 Å². The molecular weight excluding hydrogens is 322 g/mol. The van der Waals surface area contributed by atoms with E-state index in [4.69, 9.17) is 13.9 Å². The Kier molecular flexibility index (Phi) is 5.09. The SMILES string of the molecule is CCNC(c1ccco1)c1cc(OC)c(Br)cc1OC. The van der Waals surface area contributed by atoms with Crippen molar-refractivity contribution in [2.45, 2.75) is 13.0 Å². The minimum absolute atomic E-state index is 0.0769. The van der Waals surface area contributed by atoms with Crippen LogP contribution in [0.3, 0.4) is 0 Å². The van der Waals surface area contributed by atoms with Crippen LogP contribution >= 0.6 is 15.9 Å². The number of methoxy groups -OCH3 is 2. The molecule has 1 heterocycles. The molecule has 1 aromatic carbocycles. The quantitative estimate of drug-likeness (QED) is 0.870. The lowest BCUT2D eigenvalue weighted by Gasteiger charge is -2.20. The van der Waals surface area contributed by atoms with Gasteiger partial charge >= 0.3 is 0 Å². The van der Waals surface area contributed by atoms with Gasteiger partial charge in [-0.2, -0.15) is 0 Å². The minimum Gasteiger partial charge on any atom is -0.496 e. The summed E-state index contributed by atoms with van der Waals surface area (Å²) < 4.78 is 17.2. The maximum Gasteiger partial charge on any atom is 0.133 e. The molecular formula is C15H18BrNO3. The number of rotatable bonds is 6. The third-order valence-electron chi connectivity index (χ3n) is 3.05. The van der Waals surface area contributed by atoms with Crippen molar-refractivity contribution in [3.05, 3.63) is 46.3 Å². The van der Waals surface area contributed by atoms with Gasteiger partial charge in [-0.15, -0.1) is 0 Å². The first-order valence-electron chi connectivity index (χ1n) is 6.39. The van der Waals surface area contributed by atoms with Crippen molar-refractivity contribution in [2.24, 2.45) is 0 Å². The lowest BCUT2D eigenvalue weighted by molar-refractivity contribution is 0.384. The summed E-state index contributed by atoms with van der Waals surface area (Å²) in [5.41, 5.74) is 0.976. The Hall–Kier alpha value is -1.46. The first-order chi connectivity index (χ1) is 9.71. The van der Waals surface area contributed by atoms with Crippen molar-refractivity contribution < 1.29 is 13.9 Å². The maximum atomic E-state index is 5.54. The molecule has 2 aromatic rings. The Balaban J connectivity index is 2.51. The molecule has 0 saturated carbocycles. The van der Waals surface area contributed by atoms with E-state index in [9.17, 15) is 0 Å². The third kappa shape index (κ3) is 2.99. The zero-order chi connectivity index (χ0) is 14.5.